The highest BCUT2D eigenvalue weighted by Crippen LogP contribution is 2.38. The number of nitriles is 1. The molecule has 0 radical (unpaired) electrons. The predicted octanol–water partition coefficient (Wildman–Crippen LogP) is 2.80. The van der Waals surface area contributed by atoms with Crippen molar-refractivity contribution in [3.8, 4) is 28.7 Å². The quantitative estimate of drug-likeness (QED) is 0.861. The minimum atomic E-state index is -0.421. The van der Waals surface area contributed by atoms with Gasteiger partial charge in [-0.15, -0.1) is 0 Å². The van der Waals surface area contributed by atoms with Gasteiger partial charge >= 0.3 is 0 Å². The number of methoxy groups -OCH3 is 1. The zero-order valence-electron chi connectivity index (χ0n) is 12.5. The number of aromatic amines is 1. The molecular formula is C17H16N2O3. The lowest BCUT2D eigenvalue weighted by atomic mass is 9.99. The van der Waals surface area contributed by atoms with Crippen molar-refractivity contribution in [3.05, 3.63) is 58.5 Å². The van der Waals surface area contributed by atoms with Gasteiger partial charge in [-0.3, -0.25) is 4.79 Å². The molecule has 0 bridgehead atoms. The van der Waals surface area contributed by atoms with Gasteiger partial charge in [-0.05, 0) is 19.1 Å². The van der Waals surface area contributed by atoms with Crippen LogP contribution in [-0.4, -0.2) is 18.7 Å². The molecule has 1 aromatic heterocycles. The summed E-state index contributed by atoms with van der Waals surface area (Å²) < 4.78 is 11.0. The van der Waals surface area contributed by atoms with E-state index in [1.54, 1.807) is 37.3 Å². The van der Waals surface area contributed by atoms with Crippen LogP contribution in [-0.2, 0) is 0 Å². The number of aryl methyl sites for hydroxylation is 1. The summed E-state index contributed by atoms with van der Waals surface area (Å²) in [7, 11) is 1.54. The van der Waals surface area contributed by atoms with E-state index >= 15 is 0 Å². The lowest BCUT2D eigenvalue weighted by Crippen LogP contribution is -2.13. The van der Waals surface area contributed by atoms with E-state index in [9.17, 15) is 10.1 Å². The normalized spacial score (nSPS) is 9.86. The van der Waals surface area contributed by atoms with Crippen molar-refractivity contribution in [2.24, 2.45) is 0 Å². The maximum Gasteiger partial charge on any atom is 0.266 e. The van der Waals surface area contributed by atoms with Gasteiger partial charge in [-0.2, -0.15) is 5.26 Å². The molecule has 0 saturated heterocycles. The molecule has 5 nitrogen and oxygen atoms in total. The van der Waals surface area contributed by atoms with Crippen LogP contribution in [0.5, 0.6) is 11.5 Å². The second-order valence-electron chi connectivity index (χ2n) is 4.62. The molecule has 0 aliphatic rings. The molecule has 0 aliphatic heterocycles. The molecule has 0 unspecified atom stereocenters. The zero-order valence-corrected chi connectivity index (χ0v) is 12.5. The Morgan fingerprint density at radius 3 is 2.82 bits per heavy atom. The largest absolute Gasteiger partial charge is 0.493 e. The van der Waals surface area contributed by atoms with E-state index in [0.717, 1.165) is 0 Å². The third-order valence-corrected chi connectivity index (χ3v) is 3.11. The van der Waals surface area contributed by atoms with Crippen molar-refractivity contribution in [2.75, 3.05) is 13.7 Å². The van der Waals surface area contributed by atoms with Gasteiger partial charge in [0.1, 0.15) is 18.2 Å². The summed E-state index contributed by atoms with van der Waals surface area (Å²) in [4.78, 5) is 14.6. The molecule has 112 valence electrons. The third kappa shape index (κ3) is 2.86. The first-order valence-corrected chi connectivity index (χ1v) is 6.67. The first-order chi connectivity index (χ1) is 10.6. The van der Waals surface area contributed by atoms with Crippen LogP contribution < -0.4 is 15.0 Å². The number of rotatable bonds is 5. The Bertz CT molecular complexity index is 801. The average Bonchev–Trinajstić information content (AvgIpc) is 2.51. The van der Waals surface area contributed by atoms with E-state index in [4.69, 9.17) is 9.47 Å². The predicted molar refractivity (Wildman–Crippen MR) is 84.2 cm³/mol. The molecule has 0 fully saturated rings. The van der Waals surface area contributed by atoms with Crippen LogP contribution in [0, 0.1) is 18.3 Å². The highest BCUT2D eigenvalue weighted by Gasteiger charge is 2.17. The SMILES string of the molecule is C=CCOc1c(OC)cccc1-c1cc(C)[nH]c(=O)c1C#N. The summed E-state index contributed by atoms with van der Waals surface area (Å²) in [5, 5.41) is 9.29. The van der Waals surface area contributed by atoms with Gasteiger partial charge in [0.2, 0.25) is 0 Å². The molecule has 0 atom stereocenters. The minimum Gasteiger partial charge on any atom is -0.493 e. The minimum absolute atomic E-state index is 0.0438. The number of benzene rings is 1. The Kier molecular flexibility index (Phi) is 4.64. The number of ether oxygens (including phenoxy) is 2. The molecule has 0 spiro atoms. The Hall–Kier alpha value is -3.00. The highest BCUT2D eigenvalue weighted by atomic mass is 16.5. The molecular weight excluding hydrogens is 280 g/mol. The first-order valence-electron chi connectivity index (χ1n) is 6.67. The number of nitrogens with zero attached hydrogens (tertiary/aromatic N) is 1. The van der Waals surface area contributed by atoms with Gasteiger partial charge in [-0.1, -0.05) is 24.8 Å². The number of pyridine rings is 1. The van der Waals surface area contributed by atoms with Gasteiger partial charge in [0.05, 0.1) is 7.11 Å². The second kappa shape index (κ2) is 6.64. The van der Waals surface area contributed by atoms with Crippen LogP contribution >= 0.6 is 0 Å². The van der Waals surface area contributed by atoms with Crippen molar-refractivity contribution in [1.29, 1.82) is 5.26 Å². The molecule has 0 amide bonds. The molecule has 22 heavy (non-hydrogen) atoms. The number of H-pyrrole nitrogens is 1. The van der Waals surface area contributed by atoms with Gasteiger partial charge in [0.15, 0.2) is 11.5 Å². The fourth-order valence-corrected chi connectivity index (χ4v) is 2.19. The van der Waals surface area contributed by atoms with Crippen molar-refractivity contribution >= 4 is 0 Å². The molecule has 2 aromatic rings. The first kappa shape index (κ1) is 15.4. The molecule has 1 heterocycles. The summed E-state index contributed by atoms with van der Waals surface area (Å²) in [6.07, 6.45) is 1.62. The number of nitrogens with one attached hydrogen (secondary N) is 1. The van der Waals surface area contributed by atoms with Crippen molar-refractivity contribution in [1.82, 2.24) is 4.98 Å². The summed E-state index contributed by atoms with van der Waals surface area (Å²) in [6.45, 7) is 5.67. The standard InChI is InChI=1S/C17H16N2O3/c1-4-8-22-16-12(6-5-7-15(16)21-3)13-9-11(2)19-17(20)14(13)10-18/h4-7,9H,1,8H2,2-3H3,(H,19,20). The van der Waals surface area contributed by atoms with Crippen molar-refractivity contribution < 1.29 is 9.47 Å². The average molecular weight is 296 g/mol. The lowest BCUT2D eigenvalue weighted by molar-refractivity contribution is 0.328. The fraction of sp³-hybridized carbons (Fsp3) is 0.176. The van der Waals surface area contributed by atoms with Crippen LogP contribution in [0.15, 0.2) is 41.7 Å². The molecule has 0 aliphatic carbocycles. The van der Waals surface area contributed by atoms with Crippen LogP contribution in [0.1, 0.15) is 11.3 Å². The molecule has 1 N–H and O–H groups in total. The van der Waals surface area contributed by atoms with Crippen LogP contribution in [0.2, 0.25) is 0 Å². The topological polar surface area (TPSA) is 75.1 Å². The Labute approximate surface area is 128 Å². The highest BCUT2D eigenvalue weighted by molar-refractivity contribution is 5.78. The second-order valence-corrected chi connectivity index (χ2v) is 4.62. The van der Waals surface area contributed by atoms with Crippen LogP contribution in [0.4, 0.5) is 0 Å². The van der Waals surface area contributed by atoms with E-state index in [2.05, 4.69) is 11.6 Å². The van der Waals surface area contributed by atoms with Gasteiger partial charge in [0.25, 0.3) is 5.56 Å². The van der Waals surface area contributed by atoms with Crippen molar-refractivity contribution in [2.45, 2.75) is 6.92 Å². The molecule has 1 aromatic carbocycles. The monoisotopic (exact) mass is 296 g/mol. The van der Waals surface area contributed by atoms with E-state index in [1.165, 1.54) is 7.11 Å². The smallest absolute Gasteiger partial charge is 0.266 e. The van der Waals surface area contributed by atoms with Crippen molar-refractivity contribution in [3.63, 3.8) is 0 Å². The van der Waals surface area contributed by atoms with E-state index < -0.39 is 5.56 Å². The maximum absolute atomic E-state index is 12.0. The molecule has 0 saturated carbocycles. The summed E-state index contributed by atoms with van der Waals surface area (Å²) in [5.41, 5.74) is 1.43. The number of para-hydroxylation sites is 1. The van der Waals surface area contributed by atoms with Crippen LogP contribution in [0.3, 0.4) is 0 Å². The number of aromatic nitrogens is 1. The maximum atomic E-state index is 12.0. The third-order valence-electron chi connectivity index (χ3n) is 3.11. The fourth-order valence-electron chi connectivity index (χ4n) is 2.19. The Morgan fingerprint density at radius 1 is 1.41 bits per heavy atom. The van der Waals surface area contributed by atoms with E-state index in [0.29, 0.717) is 28.3 Å². The van der Waals surface area contributed by atoms with E-state index in [1.807, 2.05) is 6.07 Å². The van der Waals surface area contributed by atoms with E-state index in [-0.39, 0.29) is 12.2 Å². The molecule has 5 heteroatoms. The Morgan fingerprint density at radius 2 is 2.18 bits per heavy atom. The molecule has 2 rings (SSSR count). The summed E-state index contributed by atoms with van der Waals surface area (Å²) in [6, 6.07) is 9.03. The summed E-state index contributed by atoms with van der Waals surface area (Å²) >= 11 is 0. The number of hydrogen-bond donors (Lipinski definition) is 1. The van der Waals surface area contributed by atoms with Gasteiger partial charge in [0, 0.05) is 16.8 Å². The van der Waals surface area contributed by atoms with Gasteiger partial charge < -0.3 is 14.5 Å². The Balaban J connectivity index is 2.75. The lowest BCUT2D eigenvalue weighted by Gasteiger charge is -2.15. The summed E-state index contributed by atoms with van der Waals surface area (Å²) in [5.74, 6) is 1.01. The van der Waals surface area contributed by atoms with Gasteiger partial charge in [-0.25, -0.2) is 0 Å². The van der Waals surface area contributed by atoms with Crippen LogP contribution in [0.25, 0.3) is 11.1 Å². The zero-order chi connectivity index (χ0) is 16.1. The number of hydrogen-bond acceptors (Lipinski definition) is 4.